The maximum absolute atomic E-state index is 11.9. The van der Waals surface area contributed by atoms with Crippen LogP contribution in [0.5, 0.6) is 0 Å². The van der Waals surface area contributed by atoms with E-state index in [0.29, 0.717) is 12.2 Å². The number of carbonyl (C=O) groups is 1. The van der Waals surface area contributed by atoms with Gasteiger partial charge in [-0.2, -0.15) is 0 Å². The second kappa shape index (κ2) is 10.4. The Hall–Kier alpha value is -1.47. The summed E-state index contributed by atoms with van der Waals surface area (Å²) in [6.07, 6.45) is 5.33. The minimum atomic E-state index is -4.69. The molecular formula is C15H25N2O6P. The van der Waals surface area contributed by atoms with Crippen LogP contribution in [0.4, 0.5) is 4.79 Å². The Bertz CT molecular complexity index is 536. The van der Waals surface area contributed by atoms with Crippen molar-refractivity contribution in [1.29, 1.82) is 0 Å². The first-order valence-corrected chi connectivity index (χ1v) is 9.43. The molecule has 0 aliphatic carbocycles. The van der Waals surface area contributed by atoms with Crippen LogP contribution in [0, 0.1) is 0 Å². The molecule has 0 radical (unpaired) electrons. The number of alkyl carbamates (subject to hydrolysis) is 1. The molecule has 0 aromatic carbocycles. The van der Waals surface area contributed by atoms with Gasteiger partial charge < -0.3 is 19.8 Å². The minimum Gasteiger partial charge on any atom is -0.450 e. The molecule has 0 fully saturated rings. The number of nitrogens with zero attached hydrogens (tertiary/aromatic N) is 1. The van der Waals surface area contributed by atoms with Gasteiger partial charge in [0.25, 0.3) is 0 Å². The first-order chi connectivity index (χ1) is 11.3. The smallest absolute Gasteiger partial charge is 0.450 e. The first-order valence-electron chi connectivity index (χ1n) is 7.90. The summed E-state index contributed by atoms with van der Waals surface area (Å²) in [5.41, 5.74) is 0.557. The van der Waals surface area contributed by atoms with Gasteiger partial charge in [0.15, 0.2) is 0 Å². The van der Waals surface area contributed by atoms with E-state index in [1.807, 2.05) is 0 Å². The van der Waals surface area contributed by atoms with Crippen LogP contribution in [0.15, 0.2) is 24.5 Å². The lowest BCUT2D eigenvalue weighted by molar-refractivity contribution is 0.0992. The third-order valence-electron chi connectivity index (χ3n) is 3.32. The predicted octanol–water partition coefficient (Wildman–Crippen LogP) is 2.93. The van der Waals surface area contributed by atoms with Crippen LogP contribution in [0.25, 0.3) is 0 Å². The number of phosphoric ester groups is 1. The lowest BCUT2D eigenvalue weighted by atomic mass is 10.1. The van der Waals surface area contributed by atoms with Crippen LogP contribution in [0.2, 0.25) is 0 Å². The highest BCUT2D eigenvalue weighted by molar-refractivity contribution is 7.46. The van der Waals surface area contributed by atoms with Crippen molar-refractivity contribution in [1.82, 2.24) is 10.3 Å². The number of hydrogen-bond acceptors (Lipinski definition) is 5. The van der Waals surface area contributed by atoms with Crippen LogP contribution in [0.1, 0.15) is 51.1 Å². The predicted molar refractivity (Wildman–Crippen MR) is 88.2 cm³/mol. The summed E-state index contributed by atoms with van der Waals surface area (Å²) in [5, 5.41) is 2.58. The molecule has 9 heteroatoms. The van der Waals surface area contributed by atoms with Crippen LogP contribution < -0.4 is 5.32 Å². The first kappa shape index (κ1) is 20.6. The lowest BCUT2D eigenvalue weighted by Gasteiger charge is -2.25. The summed E-state index contributed by atoms with van der Waals surface area (Å²) in [6, 6.07) is 2.54. The molecule has 2 unspecified atom stereocenters. The maximum Gasteiger partial charge on any atom is 0.469 e. The molecule has 1 heterocycles. The molecule has 0 aliphatic rings. The van der Waals surface area contributed by atoms with Gasteiger partial charge in [0.1, 0.15) is 0 Å². The summed E-state index contributed by atoms with van der Waals surface area (Å²) in [6.45, 7) is 3.84. The number of hydrogen-bond donors (Lipinski definition) is 3. The van der Waals surface area contributed by atoms with E-state index in [0.717, 1.165) is 25.7 Å². The SMILES string of the molecule is CCCCCCOC(=O)NC(c1cccnc1)C(C)OP(=O)(O)O. The second-order valence-corrected chi connectivity index (χ2v) is 6.60. The monoisotopic (exact) mass is 360 g/mol. The number of unbranched alkanes of at least 4 members (excludes halogenated alkanes) is 3. The van der Waals surface area contributed by atoms with E-state index in [9.17, 15) is 9.36 Å². The van der Waals surface area contributed by atoms with Crippen molar-refractivity contribution in [2.24, 2.45) is 0 Å². The van der Waals surface area contributed by atoms with Crippen LogP contribution >= 0.6 is 7.82 Å². The van der Waals surface area contributed by atoms with Crippen LogP contribution in [-0.2, 0) is 13.8 Å². The number of ether oxygens (including phenoxy) is 1. The van der Waals surface area contributed by atoms with Gasteiger partial charge in [0.05, 0.1) is 18.8 Å². The highest BCUT2D eigenvalue weighted by Gasteiger charge is 2.29. The molecule has 1 rings (SSSR count). The van der Waals surface area contributed by atoms with Crippen molar-refractivity contribution in [2.75, 3.05) is 6.61 Å². The number of pyridine rings is 1. The third-order valence-corrected chi connectivity index (χ3v) is 3.93. The molecule has 24 heavy (non-hydrogen) atoms. The molecule has 0 spiro atoms. The van der Waals surface area contributed by atoms with Crippen LogP contribution in [-0.4, -0.2) is 33.6 Å². The fourth-order valence-corrected chi connectivity index (χ4v) is 2.73. The maximum atomic E-state index is 11.9. The Morgan fingerprint density at radius 1 is 1.38 bits per heavy atom. The largest absolute Gasteiger partial charge is 0.469 e. The van der Waals surface area contributed by atoms with Gasteiger partial charge in [-0.3, -0.25) is 9.51 Å². The molecule has 1 aromatic heterocycles. The Balaban J connectivity index is 2.65. The molecule has 1 aromatic rings. The topological polar surface area (TPSA) is 118 Å². The second-order valence-electron chi connectivity index (χ2n) is 5.41. The van der Waals surface area contributed by atoms with Crippen molar-refractivity contribution in [3.8, 4) is 0 Å². The van der Waals surface area contributed by atoms with Gasteiger partial charge in [-0.25, -0.2) is 9.36 Å². The molecule has 136 valence electrons. The molecule has 2 atom stereocenters. The molecule has 0 bridgehead atoms. The van der Waals surface area contributed by atoms with Gasteiger partial charge in [0.2, 0.25) is 0 Å². The quantitative estimate of drug-likeness (QED) is 0.434. The van der Waals surface area contributed by atoms with E-state index in [2.05, 4.69) is 21.7 Å². The van der Waals surface area contributed by atoms with Crippen molar-refractivity contribution in [2.45, 2.75) is 51.7 Å². The summed E-state index contributed by atoms with van der Waals surface area (Å²) in [4.78, 5) is 33.8. The fraction of sp³-hybridized carbons (Fsp3) is 0.600. The van der Waals surface area contributed by atoms with Gasteiger partial charge in [-0.05, 0) is 25.0 Å². The molecule has 0 aliphatic heterocycles. The van der Waals surface area contributed by atoms with E-state index >= 15 is 0 Å². The highest BCUT2D eigenvalue weighted by atomic mass is 31.2. The Kier molecular flexibility index (Phi) is 8.92. The minimum absolute atomic E-state index is 0.291. The standard InChI is InChI=1S/C15H25N2O6P/c1-3-4-5-6-10-22-15(18)17-14(12(2)23-24(19,20)21)13-8-7-9-16-11-13/h7-9,11-12,14H,3-6,10H2,1-2H3,(H,17,18)(H2,19,20,21). The molecular weight excluding hydrogens is 335 g/mol. The summed E-state index contributed by atoms with van der Waals surface area (Å²) in [7, 11) is -4.69. The number of carbonyl (C=O) groups excluding carboxylic acids is 1. The fourth-order valence-electron chi connectivity index (χ4n) is 2.17. The Labute approximate surface area is 141 Å². The number of aromatic nitrogens is 1. The highest BCUT2D eigenvalue weighted by Crippen LogP contribution is 2.40. The van der Waals surface area contributed by atoms with Crippen molar-refractivity contribution < 1.29 is 28.4 Å². The lowest BCUT2D eigenvalue weighted by Crippen LogP contribution is -2.36. The summed E-state index contributed by atoms with van der Waals surface area (Å²) in [5.74, 6) is 0. The number of nitrogens with one attached hydrogen (secondary N) is 1. The third kappa shape index (κ3) is 8.40. The average Bonchev–Trinajstić information content (AvgIpc) is 2.51. The number of rotatable bonds is 10. The van der Waals surface area contributed by atoms with Gasteiger partial charge >= 0.3 is 13.9 Å². The Morgan fingerprint density at radius 2 is 2.12 bits per heavy atom. The number of phosphoric acid groups is 1. The zero-order chi connectivity index (χ0) is 18.0. The van der Waals surface area contributed by atoms with Crippen LogP contribution in [0.3, 0.4) is 0 Å². The van der Waals surface area contributed by atoms with E-state index in [1.165, 1.54) is 13.1 Å². The zero-order valence-corrected chi connectivity index (χ0v) is 14.8. The van der Waals surface area contributed by atoms with E-state index < -0.39 is 26.1 Å². The van der Waals surface area contributed by atoms with Crippen molar-refractivity contribution in [3.05, 3.63) is 30.1 Å². The molecule has 8 nitrogen and oxygen atoms in total. The zero-order valence-electron chi connectivity index (χ0n) is 13.9. The Morgan fingerprint density at radius 3 is 2.71 bits per heavy atom. The van der Waals surface area contributed by atoms with Gasteiger partial charge in [-0.15, -0.1) is 0 Å². The summed E-state index contributed by atoms with van der Waals surface area (Å²) < 4.78 is 20.8. The van der Waals surface area contributed by atoms with Crippen molar-refractivity contribution >= 4 is 13.9 Å². The molecule has 0 saturated carbocycles. The van der Waals surface area contributed by atoms with E-state index in [4.69, 9.17) is 14.5 Å². The van der Waals surface area contributed by atoms with Crippen molar-refractivity contribution in [3.63, 3.8) is 0 Å². The molecule has 3 N–H and O–H groups in total. The normalized spacial score (nSPS) is 14.0. The van der Waals surface area contributed by atoms with Gasteiger partial charge in [-0.1, -0.05) is 32.3 Å². The van der Waals surface area contributed by atoms with Gasteiger partial charge in [0, 0.05) is 12.4 Å². The average molecular weight is 360 g/mol. The molecule has 1 amide bonds. The van der Waals surface area contributed by atoms with E-state index in [1.54, 1.807) is 18.3 Å². The number of amides is 1. The summed E-state index contributed by atoms with van der Waals surface area (Å²) >= 11 is 0. The molecule has 0 saturated heterocycles. The van der Waals surface area contributed by atoms with E-state index in [-0.39, 0.29) is 0 Å².